The molecule has 55 heavy (non-hydrogen) atoms. The number of amides is 4. The molecule has 3 aliphatic heterocycles. The van der Waals surface area contributed by atoms with Gasteiger partial charge in [0.25, 0.3) is 5.91 Å². The molecule has 3 saturated carbocycles. The molecule has 8 rings (SSSR count). The van der Waals surface area contributed by atoms with E-state index in [1.807, 2.05) is 42.5 Å². The number of nitrogens with one attached hydrogen (secondary N) is 3. The minimum Gasteiger partial charge on any atom is -0.487 e. The maximum atomic E-state index is 14.7. The lowest BCUT2D eigenvalue weighted by molar-refractivity contribution is -0.141. The molecule has 13 nitrogen and oxygen atoms in total. The zero-order chi connectivity index (χ0) is 38.2. The Bertz CT molecular complexity index is 1950. The van der Waals surface area contributed by atoms with Crippen LogP contribution in [0.2, 0.25) is 0 Å². The van der Waals surface area contributed by atoms with Gasteiger partial charge in [0.2, 0.25) is 21.8 Å². The minimum absolute atomic E-state index is 0.0691. The van der Waals surface area contributed by atoms with Crippen molar-refractivity contribution in [3.8, 4) is 5.75 Å². The molecule has 4 amide bonds. The number of alkyl carbamates (subject to hydrolysis) is 1. The highest BCUT2D eigenvalue weighted by Gasteiger charge is 2.62. The van der Waals surface area contributed by atoms with Gasteiger partial charge in [0.1, 0.15) is 35.6 Å². The van der Waals surface area contributed by atoms with Crippen LogP contribution >= 0.6 is 0 Å². The van der Waals surface area contributed by atoms with Gasteiger partial charge in [-0.1, -0.05) is 56.0 Å². The number of aryl methyl sites for hydroxylation is 1. The van der Waals surface area contributed by atoms with E-state index in [0.29, 0.717) is 37.9 Å². The summed E-state index contributed by atoms with van der Waals surface area (Å²) in [5, 5.41) is 6.15. The van der Waals surface area contributed by atoms with Gasteiger partial charge < -0.3 is 25.0 Å². The molecule has 14 heteroatoms. The third-order valence-corrected chi connectivity index (χ3v) is 14.3. The number of carbonyl (C=O) groups is 4. The van der Waals surface area contributed by atoms with E-state index >= 15 is 0 Å². The summed E-state index contributed by atoms with van der Waals surface area (Å²) in [5.74, 6) is -1.26. The number of ether oxygens (including phenoxy) is 2. The first kappa shape index (κ1) is 37.7. The number of allylic oxidation sites excluding steroid dienone is 1. The molecular formula is C41H53N5O8S. The first-order chi connectivity index (χ1) is 26.6. The smallest absolute Gasteiger partial charge is 0.408 e. The number of nitrogens with zero attached hydrogens (tertiary/aromatic N) is 2. The van der Waals surface area contributed by atoms with Gasteiger partial charge in [-0.05, 0) is 95.1 Å². The standard InChI is InChI=1S/C41H53N5O8S/c47-37-34-23-29-25-46(34)38(48)33(18-7-3-1-2-6-15-28-24-41(28,44-37)39(49)45-55(51,52)30-20-21-30)43-40(50)54-35-19-11-14-26(35)12-5-4-8-17-32-36(53-29)22-27-13-9-10-16-31(27)42-32/h6,9-10,13,15-16,22,26,28-30,33-35H,1-5,7-8,11-12,14,17-21,23-25H2,(H,43,50)(H,44,47)(H,45,49)/t26-,28-,29-,33+,34+,35-,41-/m1/s1. The van der Waals surface area contributed by atoms with Gasteiger partial charge in [-0.25, -0.2) is 18.2 Å². The van der Waals surface area contributed by atoms with Crippen molar-refractivity contribution in [3.63, 3.8) is 0 Å². The Balaban J connectivity index is 1.13. The number of aromatic nitrogens is 1. The number of para-hydroxylation sites is 1. The maximum absolute atomic E-state index is 14.7. The van der Waals surface area contributed by atoms with Crippen LogP contribution in [0.4, 0.5) is 4.79 Å². The summed E-state index contributed by atoms with van der Waals surface area (Å²) in [6, 6.07) is 7.87. The largest absolute Gasteiger partial charge is 0.487 e. The second-order valence-corrected chi connectivity index (χ2v) is 18.5. The van der Waals surface area contributed by atoms with E-state index < -0.39 is 68.7 Å². The van der Waals surface area contributed by atoms with Crippen molar-refractivity contribution >= 4 is 44.7 Å². The van der Waals surface area contributed by atoms with Gasteiger partial charge in [0, 0.05) is 17.7 Å². The lowest BCUT2D eigenvalue weighted by Gasteiger charge is -2.30. The molecule has 3 N–H and O–H groups in total. The number of hydrogen-bond donors (Lipinski definition) is 3. The second kappa shape index (κ2) is 15.7. The summed E-state index contributed by atoms with van der Waals surface area (Å²) in [4.78, 5) is 62.9. The fourth-order valence-electron chi connectivity index (χ4n) is 9.12. The molecule has 0 radical (unpaired) electrons. The summed E-state index contributed by atoms with van der Waals surface area (Å²) >= 11 is 0. The Labute approximate surface area is 322 Å². The maximum Gasteiger partial charge on any atom is 0.408 e. The van der Waals surface area contributed by atoms with Gasteiger partial charge in [-0.2, -0.15) is 0 Å². The number of hydrogen-bond acceptors (Lipinski definition) is 9. The average molecular weight is 776 g/mol. The average Bonchev–Trinajstić information content (AvgIpc) is 4.05. The first-order valence-corrected chi connectivity index (χ1v) is 22.0. The quantitative estimate of drug-likeness (QED) is 0.364. The minimum atomic E-state index is -3.87. The molecule has 3 aliphatic carbocycles. The Kier molecular flexibility index (Phi) is 10.8. The van der Waals surface area contributed by atoms with E-state index in [4.69, 9.17) is 14.5 Å². The molecule has 1 aromatic carbocycles. The monoisotopic (exact) mass is 775 g/mol. The van der Waals surface area contributed by atoms with Gasteiger partial charge in [-0.15, -0.1) is 0 Å². The van der Waals surface area contributed by atoms with Crippen molar-refractivity contribution in [1.82, 2.24) is 25.2 Å². The van der Waals surface area contributed by atoms with Crippen molar-refractivity contribution in [1.29, 1.82) is 0 Å². The highest BCUT2D eigenvalue weighted by Crippen LogP contribution is 2.46. The molecule has 0 spiro atoms. The van der Waals surface area contributed by atoms with E-state index in [1.165, 1.54) is 4.90 Å². The van der Waals surface area contributed by atoms with Crippen LogP contribution in [0, 0.1) is 11.8 Å². The molecule has 4 fully saturated rings. The first-order valence-electron chi connectivity index (χ1n) is 20.5. The van der Waals surface area contributed by atoms with Gasteiger partial charge in [0.05, 0.1) is 23.0 Å². The molecule has 6 aliphatic rings. The van der Waals surface area contributed by atoms with Crippen molar-refractivity contribution in [2.75, 3.05) is 6.54 Å². The molecule has 3 bridgehead atoms. The highest BCUT2D eigenvalue weighted by atomic mass is 32.2. The highest BCUT2D eigenvalue weighted by molar-refractivity contribution is 7.91. The summed E-state index contributed by atoms with van der Waals surface area (Å²) in [7, 11) is -3.87. The molecule has 4 heterocycles. The molecule has 1 saturated heterocycles. The van der Waals surface area contributed by atoms with E-state index in [1.54, 1.807) is 0 Å². The fraction of sp³-hybridized carbons (Fsp3) is 0.634. The molecule has 1 aromatic heterocycles. The summed E-state index contributed by atoms with van der Waals surface area (Å²) in [6.07, 6.45) is 14.5. The van der Waals surface area contributed by atoms with Crippen LogP contribution < -0.4 is 20.1 Å². The number of benzene rings is 1. The molecule has 296 valence electrons. The number of fused-ring (bicyclic) bond motifs is 6. The Morgan fingerprint density at radius 3 is 2.58 bits per heavy atom. The third-order valence-electron chi connectivity index (χ3n) is 12.5. The van der Waals surface area contributed by atoms with E-state index in [2.05, 4.69) is 15.4 Å². The number of carbonyl (C=O) groups excluding carboxylic acids is 4. The molecule has 0 unspecified atom stereocenters. The molecule has 7 atom stereocenters. The van der Waals surface area contributed by atoms with Crippen LogP contribution in [-0.4, -0.2) is 83.7 Å². The Morgan fingerprint density at radius 1 is 0.927 bits per heavy atom. The van der Waals surface area contributed by atoms with Crippen LogP contribution in [0.3, 0.4) is 0 Å². The molecular weight excluding hydrogens is 723 g/mol. The van der Waals surface area contributed by atoms with Crippen molar-refractivity contribution in [2.24, 2.45) is 11.8 Å². The predicted molar refractivity (Wildman–Crippen MR) is 204 cm³/mol. The normalized spacial score (nSPS) is 32.2. The number of rotatable bonds is 3. The van der Waals surface area contributed by atoms with Crippen LogP contribution in [0.25, 0.3) is 10.9 Å². The predicted octanol–water partition coefficient (Wildman–Crippen LogP) is 4.97. The second-order valence-electron chi connectivity index (χ2n) is 16.6. The van der Waals surface area contributed by atoms with E-state index in [9.17, 15) is 27.6 Å². The van der Waals surface area contributed by atoms with Gasteiger partial charge in [-0.3, -0.25) is 19.1 Å². The van der Waals surface area contributed by atoms with Crippen LogP contribution in [0.1, 0.15) is 108 Å². The van der Waals surface area contributed by atoms with E-state index in [-0.39, 0.29) is 31.4 Å². The summed E-state index contributed by atoms with van der Waals surface area (Å²) in [6.45, 7) is 0.0691. The van der Waals surface area contributed by atoms with Crippen molar-refractivity contribution in [2.45, 2.75) is 144 Å². The zero-order valence-corrected chi connectivity index (χ0v) is 32.2. The Hall–Kier alpha value is -4.20. The summed E-state index contributed by atoms with van der Waals surface area (Å²) in [5.41, 5.74) is 0.225. The van der Waals surface area contributed by atoms with Crippen molar-refractivity contribution < 1.29 is 37.1 Å². The van der Waals surface area contributed by atoms with Crippen LogP contribution in [0.15, 0.2) is 42.5 Å². The third kappa shape index (κ3) is 8.34. The lowest BCUT2D eigenvalue weighted by atomic mass is 9.97. The van der Waals surface area contributed by atoms with Gasteiger partial charge in [0.15, 0.2) is 0 Å². The van der Waals surface area contributed by atoms with Crippen LogP contribution in [0.5, 0.6) is 5.75 Å². The topological polar surface area (TPSA) is 173 Å². The Morgan fingerprint density at radius 2 is 1.73 bits per heavy atom. The molecule has 2 aromatic rings. The lowest BCUT2D eigenvalue weighted by Crippen LogP contribution is -2.58. The van der Waals surface area contributed by atoms with E-state index in [0.717, 1.165) is 80.8 Å². The fourth-order valence-corrected chi connectivity index (χ4v) is 10.5. The SMILES string of the molecule is O=C1N[C@H]2CCCCCC=C[C@@H]3C[C@@]3(C(=O)NS(=O)(=O)C3CC3)NC(=O)[C@@H]3C[C@H](CN3C2=O)Oc2cc3ccccc3nc2CCCCC[C@@H]2CCC[C@H]2O1. The van der Waals surface area contributed by atoms with Crippen molar-refractivity contribution in [3.05, 3.63) is 48.2 Å². The number of sulfonamides is 1. The summed E-state index contributed by atoms with van der Waals surface area (Å²) < 4.78 is 40.7. The van der Waals surface area contributed by atoms with Gasteiger partial charge >= 0.3 is 6.09 Å². The van der Waals surface area contributed by atoms with Crippen LogP contribution in [-0.2, 0) is 35.6 Å². The zero-order valence-electron chi connectivity index (χ0n) is 31.4. The number of pyridine rings is 1.